The van der Waals surface area contributed by atoms with E-state index in [4.69, 9.17) is 4.74 Å². The van der Waals surface area contributed by atoms with Crippen molar-refractivity contribution in [2.75, 3.05) is 36.9 Å². The van der Waals surface area contributed by atoms with Gasteiger partial charge in [-0.25, -0.2) is 18.5 Å². The number of hydrogen-bond donors (Lipinski definition) is 2. The first-order chi connectivity index (χ1) is 16.9. The van der Waals surface area contributed by atoms with Crippen LogP contribution in [0.1, 0.15) is 49.4 Å². The maximum atomic E-state index is 13.6. The normalized spacial score (nSPS) is 17.8. The maximum Gasteiger partial charge on any atom is 1.00 e. The van der Waals surface area contributed by atoms with E-state index in [0.29, 0.717) is 18.5 Å². The van der Waals surface area contributed by atoms with Gasteiger partial charge in [0.1, 0.15) is 6.73 Å². The van der Waals surface area contributed by atoms with Gasteiger partial charge < -0.3 is 16.4 Å². The molecule has 192 valence electrons. The standard InChI is InChI=1S/C24H34N6O4S.Na.H/c1-28-11-9-19(10-12-28)30(20-14-25-29(15-20)16-34-2)35(32,33)27-24(31)26-23-21-7-3-5-17(21)13-18-6-4-8-22(18)23;;/h13-15,19H,3-12,16H2,1-2H3,(H2,26,27,31);;/q;+1;-1. The molecule has 0 bridgehead atoms. The molecule has 2 aromatic rings. The molecular formula is C24H35N6NaO4S. The summed E-state index contributed by atoms with van der Waals surface area (Å²) in [6.45, 7) is 1.76. The number of carbonyl (C=O) groups is 1. The molecule has 0 spiro atoms. The van der Waals surface area contributed by atoms with Crippen molar-refractivity contribution in [1.29, 1.82) is 0 Å². The van der Waals surface area contributed by atoms with E-state index >= 15 is 0 Å². The molecule has 1 aromatic carbocycles. The van der Waals surface area contributed by atoms with Crippen molar-refractivity contribution < 1.29 is 48.9 Å². The zero-order chi connectivity index (χ0) is 24.6. The molecule has 2 aliphatic carbocycles. The van der Waals surface area contributed by atoms with Crippen LogP contribution in [0, 0.1) is 0 Å². The van der Waals surface area contributed by atoms with Gasteiger partial charge in [0.2, 0.25) is 0 Å². The molecule has 2 heterocycles. The summed E-state index contributed by atoms with van der Waals surface area (Å²) in [5.74, 6) is 0. The number of aryl methyl sites for hydroxylation is 2. The Labute approximate surface area is 236 Å². The molecule has 2 N–H and O–H groups in total. The first-order valence-corrected chi connectivity index (χ1v) is 13.8. The minimum Gasteiger partial charge on any atom is -1.00 e. The van der Waals surface area contributed by atoms with Crippen molar-refractivity contribution in [3.8, 4) is 0 Å². The summed E-state index contributed by atoms with van der Waals surface area (Å²) in [5, 5.41) is 7.16. The van der Waals surface area contributed by atoms with Gasteiger partial charge in [-0.3, -0.25) is 0 Å². The Morgan fingerprint density at radius 2 is 1.81 bits per heavy atom. The Morgan fingerprint density at radius 3 is 2.42 bits per heavy atom. The third kappa shape index (κ3) is 5.61. The molecule has 1 fully saturated rings. The van der Waals surface area contributed by atoms with Gasteiger partial charge >= 0.3 is 45.8 Å². The summed E-state index contributed by atoms with van der Waals surface area (Å²) < 4.78 is 37.5. The zero-order valence-corrected chi connectivity index (χ0v) is 24.2. The fourth-order valence-corrected chi connectivity index (χ4v) is 7.08. The van der Waals surface area contributed by atoms with E-state index in [0.717, 1.165) is 68.4 Å². The zero-order valence-electron chi connectivity index (χ0n) is 22.4. The van der Waals surface area contributed by atoms with E-state index < -0.39 is 16.2 Å². The van der Waals surface area contributed by atoms with Crippen molar-refractivity contribution in [1.82, 2.24) is 19.4 Å². The van der Waals surface area contributed by atoms with Crippen molar-refractivity contribution in [2.45, 2.75) is 64.1 Å². The molecule has 12 heteroatoms. The second kappa shape index (κ2) is 11.4. The first kappa shape index (κ1) is 27.4. The number of piperidine rings is 1. The second-order valence-electron chi connectivity index (χ2n) is 9.78. The van der Waals surface area contributed by atoms with Crippen LogP contribution in [0.15, 0.2) is 18.5 Å². The average Bonchev–Trinajstić information content (AvgIpc) is 3.56. The Kier molecular flexibility index (Phi) is 8.68. The number of methoxy groups -OCH3 is 1. The number of hydrogen-bond acceptors (Lipinski definition) is 6. The number of urea groups is 1. The van der Waals surface area contributed by atoms with Crippen LogP contribution in [0.25, 0.3) is 0 Å². The van der Waals surface area contributed by atoms with E-state index in [-0.39, 0.29) is 43.8 Å². The number of fused-ring (bicyclic) bond motifs is 2. The summed E-state index contributed by atoms with van der Waals surface area (Å²) in [5.41, 5.74) is 6.11. The van der Waals surface area contributed by atoms with Crippen LogP contribution in [0.4, 0.5) is 16.2 Å². The van der Waals surface area contributed by atoms with E-state index in [2.05, 4.69) is 26.1 Å². The smallest absolute Gasteiger partial charge is 1.00 e. The molecule has 36 heavy (non-hydrogen) atoms. The van der Waals surface area contributed by atoms with Crippen LogP contribution in [0.2, 0.25) is 0 Å². The van der Waals surface area contributed by atoms with Crippen molar-refractivity contribution in [3.05, 3.63) is 40.7 Å². The summed E-state index contributed by atoms with van der Waals surface area (Å²) in [7, 11) is -0.610. The monoisotopic (exact) mass is 526 g/mol. The molecule has 0 unspecified atom stereocenters. The minimum atomic E-state index is -4.18. The second-order valence-corrected chi connectivity index (χ2v) is 11.3. The van der Waals surface area contributed by atoms with E-state index in [1.54, 1.807) is 13.3 Å². The summed E-state index contributed by atoms with van der Waals surface area (Å²) in [6, 6.07) is 1.29. The van der Waals surface area contributed by atoms with Gasteiger partial charge in [0, 0.05) is 18.8 Å². The number of nitrogens with one attached hydrogen (secondary N) is 2. The van der Waals surface area contributed by atoms with Crippen molar-refractivity contribution in [2.24, 2.45) is 0 Å². The van der Waals surface area contributed by atoms with Crippen LogP contribution in [0.5, 0.6) is 0 Å². The largest absolute Gasteiger partial charge is 1.00 e. The van der Waals surface area contributed by atoms with Crippen LogP contribution in [0.3, 0.4) is 0 Å². The van der Waals surface area contributed by atoms with Crippen molar-refractivity contribution >= 4 is 27.6 Å². The van der Waals surface area contributed by atoms with Gasteiger partial charge in [-0.1, -0.05) is 6.07 Å². The molecule has 10 nitrogen and oxygen atoms in total. The number of rotatable bonds is 7. The molecule has 1 saturated heterocycles. The third-order valence-corrected chi connectivity index (χ3v) is 8.82. The molecule has 1 aromatic heterocycles. The number of amides is 2. The average molecular weight is 527 g/mol. The van der Waals surface area contributed by atoms with Gasteiger partial charge in [-0.2, -0.15) is 13.5 Å². The number of likely N-dealkylation sites (tertiary alicyclic amines) is 1. The van der Waals surface area contributed by atoms with E-state index in [1.807, 2.05) is 7.05 Å². The van der Waals surface area contributed by atoms with Crippen molar-refractivity contribution in [3.63, 3.8) is 0 Å². The number of nitrogens with zero attached hydrogens (tertiary/aromatic N) is 4. The molecule has 5 rings (SSSR count). The summed E-state index contributed by atoms with van der Waals surface area (Å²) in [4.78, 5) is 15.3. The number of benzene rings is 1. The number of aromatic nitrogens is 2. The quantitative estimate of drug-likeness (QED) is 0.473. The predicted octanol–water partition coefficient (Wildman–Crippen LogP) is -0.452. The molecule has 2 amide bonds. The third-order valence-electron chi connectivity index (χ3n) is 7.35. The Hall–Kier alpha value is -1.63. The van der Waals surface area contributed by atoms with Gasteiger partial charge in [-0.05, 0) is 93.8 Å². The predicted molar refractivity (Wildman–Crippen MR) is 135 cm³/mol. The van der Waals surface area contributed by atoms with Crippen LogP contribution < -0.4 is 43.9 Å². The number of carbonyl (C=O) groups excluding carboxylic acids is 1. The van der Waals surface area contributed by atoms with Crippen LogP contribution in [-0.4, -0.2) is 62.4 Å². The molecule has 0 radical (unpaired) electrons. The topological polar surface area (TPSA) is 109 Å². The maximum absolute atomic E-state index is 13.6. The SMILES string of the molecule is COCn1cc(N(C2CCN(C)CC2)S(=O)(=O)NC(=O)Nc2c3c(cc4c2CCC4)CCC3)cn1.[H-].[Na+]. The van der Waals surface area contributed by atoms with Gasteiger partial charge in [-0.15, -0.1) is 0 Å². The molecular weight excluding hydrogens is 491 g/mol. The fourth-order valence-electron chi connectivity index (χ4n) is 5.72. The Morgan fingerprint density at radius 1 is 1.17 bits per heavy atom. The van der Waals surface area contributed by atoms with Crippen LogP contribution in [-0.2, 0) is 47.4 Å². The first-order valence-electron chi connectivity index (χ1n) is 12.4. The molecule has 1 aliphatic heterocycles. The van der Waals surface area contributed by atoms with E-state index in [1.165, 1.54) is 26.3 Å². The van der Waals surface area contributed by atoms with Gasteiger partial charge in [0.25, 0.3) is 0 Å². The van der Waals surface area contributed by atoms with Gasteiger partial charge in [0.15, 0.2) is 0 Å². The fraction of sp³-hybridized carbons (Fsp3) is 0.583. The molecule has 0 atom stereocenters. The van der Waals surface area contributed by atoms with Gasteiger partial charge in [0.05, 0.1) is 18.1 Å². The molecule has 3 aliphatic rings. The van der Waals surface area contributed by atoms with E-state index in [9.17, 15) is 13.2 Å². The Balaban J connectivity index is 0.00000190. The van der Waals surface area contributed by atoms with Crippen LogP contribution >= 0.6 is 0 Å². The summed E-state index contributed by atoms with van der Waals surface area (Å²) in [6.07, 6.45) is 10.4. The number of anilines is 2. The number of ether oxygens (including phenoxy) is 1. The Bertz CT molecular complexity index is 1180. The minimum absolute atomic E-state index is 0. The molecule has 0 saturated carbocycles. The summed E-state index contributed by atoms with van der Waals surface area (Å²) >= 11 is 0.